The number of nitrogens with zero attached hydrogens (tertiary/aromatic N) is 7. The number of fused-ring (bicyclic) bond motifs is 1. The van der Waals surface area contributed by atoms with E-state index in [4.69, 9.17) is 0 Å². The van der Waals surface area contributed by atoms with Gasteiger partial charge in [-0.1, -0.05) is 6.07 Å². The maximum absolute atomic E-state index is 13.3. The van der Waals surface area contributed by atoms with E-state index in [0.717, 1.165) is 0 Å². The molecule has 1 aliphatic rings. The summed E-state index contributed by atoms with van der Waals surface area (Å²) in [6.45, 7) is 2.73. The van der Waals surface area contributed by atoms with Crippen LogP contribution in [-0.4, -0.2) is 92.1 Å². The number of piperazine rings is 1. The number of carbonyl (C=O) groups excluding carboxylic acids is 3. The average molecular weight is 499 g/mol. The van der Waals surface area contributed by atoms with Gasteiger partial charge in [0, 0.05) is 63.7 Å². The lowest BCUT2D eigenvalue weighted by atomic mass is 10.1. The number of hydrogen-bond donors (Lipinski definition) is 1. The molecular weight excluding hydrogens is 472 g/mol. The van der Waals surface area contributed by atoms with Crippen LogP contribution in [0.4, 0.5) is 5.82 Å². The van der Waals surface area contributed by atoms with Crippen LogP contribution < -0.4 is 4.90 Å². The van der Waals surface area contributed by atoms with Crippen LogP contribution in [0.25, 0.3) is 22.3 Å². The molecule has 2 amide bonds. The third-order valence-electron chi connectivity index (χ3n) is 6.44. The van der Waals surface area contributed by atoms with E-state index in [2.05, 4.69) is 24.9 Å². The van der Waals surface area contributed by atoms with Crippen LogP contribution in [0.15, 0.2) is 55.2 Å². The summed E-state index contributed by atoms with van der Waals surface area (Å²) in [4.78, 5) is 64.8. The van der Waals surface area contributed by atoms with Crippen LogP contribution in [0.2, 0.25) is 0 Å². The highest BCUT2D eigenvalue weighted by Gasteiger charge is 2.34. The number of aromatic amines is 1. The number of carbonyl (C=O) groups is 3. The fraction of sp³-hybridized carbons (Fsp3) is 0.269. The molecule has 11 heteroatoms. The molecule has 37 heavy (non-hydrogen) atoms. The van der Waals surface area contributed by atoms with Crippen molar-refractivity contribution in [2.45, 2.75) is 13.0 Å². The third kappa shape index (κ3) is 4.51. The van der Waals surface area contributed by atoms with Crippen LogP contribution in [-0.2, 0) is 4.79 Å². The minimum atomic E-state index is -0.617. The van der Waals surface area contributed by atoms with Crippen molar-refractivity contribution >= 4 is 34.3 Å². The number of H-pyrrole nitrogens is 1. The van der Waals surface area contributed by atoms with Crippen molar-refractivity contribution in [2.75, 3.05) is 38.6 Å². The predicted molar refractivity (Wildman–Crippen MR) is 137 cm³/mol. The van der Waals surface area contributed by atoms with E-state index in [0.29, 0.717) is 46.9 Å². The number of ketones is 1. The predicted octanol–water partition coefficient (Wildman–Crippen LogP) is 2.04. The summed E-state index contributed by atoms with van der Waals surface area (Å²) in [5, 5.41) is 0.582. The van der Waals surface area contributed by atoms with Crippen molar-refractivity contribution in [1.29, 1.82) is 0 Å². The Morgan fingerprint density at radius 1 is 1.00 bits per heavy atom. The number of amides is 2. The Morgan fingerprint density at radius 2 is 1.84 bits per heavy atom. The Labute approximate surface area is 213 Å². The third-order valence-corrected chi connectivity index (χ3v) is 6.44. The largest absolute Gasteiger partial charge is 0.361 e. The highest BCUT2D eigenvalue weighted by molar-refractivity contribution is 6.45. The molecule has 188 valence electrons. The Hall–Kier alpha value is -4.67. The lowest BCUT2D eigenvalue weighted by molar-refractivity contribution is -0.130. The second-order valence-electron chi connectivity index (χ2n) is 9.08. The van der Waals surface area contributed by atoms with Gasteiger partial charge in [-0.05, 0) is 25.1 Å². The fourth-order valence-corrected chi connectivity index (χ4v) is 4.45. The van der Waals surface area contributed by atoms with Crippen molar-refractivity contribution in [3.63, 3.8) is 0 Å². The van der Waals surface area contributed by atoms with E-state index in [1.54, 1.807) is 54.0 Å². The highest BCUT2D eigenvalue weighted by atomic mass is 16.2. The van der Waals surface area contributed by atoms with Crippen molar-refractivity contribution in [3.8, 4) is 11.4 Å². The SMILES string of the molecule is CC1CN(C(=O)c2ccccn2)CCN1C(=O)C(=O)c1c[nH]c2c(-c3cnc(N(C)C)cn3)nccc12. The topological polar surface area (TPSA) is 128 Å². The molecule has 1 unspecified atom stereocenters. The molecule has 4 aromatic rings. The smallest absolute Gasteiger partial charge is 0.295 e. The first-order chi connectivity index (χ1) is 17.8. The van der Waals surface area contributed by atoms with Gasteiger partial charge in [-0.15, -0.1) is 0 Å². The molecule has 0 aromatic carbocycles. The van der Waals surface area contributed by atoms with Crippen molar-refractivity contribution in [1.82, 2.24) is 34.7 Å². The van der Waals surface area contributed by atoms with Gasteiger partial charge in [0.25, 0.3) is 17.6 Å². The maximum atomic E-state index is 13.3. The van der Waals surface area contributed by atoms with E-state index < -0.39 is 11.7 Å². The minimum absolute atomic E-state index is 0.191. The second-order valence-corrected chi connectivity index (χ2v) is 9.08. The number of anilines is 1. The maximum Gasteiger partial charge on any atom is 0.295 e. The van der Waals surface area contributed by atoms with Gasteiger partial charge >= 0.3 is 0 Å². The zero-order chi connectivity index (χ0) is 26.1. The molecule has 1 atom stereocenters. The molecule has 0 saturated carbocycles. The standard InChI is InChI=1S/C26H26N8O3/c1-16-15-33(25(36)19-6-4-5-8-27-19)10-11-34(16)26(37)24(35)18-12-31-22-17(18)7-9-28-23(22)20-13-30-21(14-29-20)32(2)3/h4-9,12-14,16,31H,10-11,15H2,1-3H3. The molecule has 4 aromatic heterocycles. The molecule has 1 fully saturated rings. The number of hydrogen-bond acceptors (Lipinski definition) is 8. The van der Waals surface area contributed by atoms with Crippen LogP contribution in [0.1, 0.15) is 27.8 Å². The van der Waals surface area contributed by atoms with Gasteiger partial charge < -0.3 is 19.7 Å². The lowest BCUT2D eigenvalue weighted by Gasteiger charge is -2.39. The van der Waals surface area contributed by atoms with E-state index in [9.17, 15) is 14.4 Å². The van der Waals surface area contributed by atoms with E-state index in [1.165, 1.54) is 11.1 Å². The van der Waals surface area contributed by atoms with Gasteiger partial charge in [0.05, 0.1) is 23.5 Å². The first-order valence-corrected chi connectivity index (χ1v) is 11.9. The first kappa shape index (κ1) is 24.0. The normalized spacial score (nSPS) is 15.6. The molecule has 0 aliphatic carbocycles. The van der Waals surface area contributed by atoms with Crippen LogP contribution in [0.3, 0.4) is 0 Å². The van der Waals surface area contributed by atoms with Gasteiger partial charge in [0.1, 0.15) is 22.9 Å². The molecular formula is C26H26N8O3. The number of nitrogens with one attached hydrogen (secondary N) is 1. The number of pyridine rings is 2. The van der Waals surface area contributed by atoms with E-state index >= 15 is 0 Å². The van der Waals surface area contributed by atoms with E-state index in [-0.39, 0.29) is 24.1 Å². The molecule has 11 nitrogen and oxygen atoms in total. The molecule has 1 saturated heterocycles. The minimum Gasteiger partial charge on any atom is -0.361 e. The van der Waals surface area contributed by atoms with E-state index in [1.807, 2.05) is 25.9 Å². The van der Waals surface area contributed by atoms with Gasteiger partial charge in [0.2, 0.25) is 0 Å². The Morgan fingerprint density at radius 3 is 2.51 bits per heavy atom. The molecule has 5 heterocycles. The molecule has 0 spiro atoms. The zero-order valence-electron chi connectivity index (χ0n) is 20.8. The summed E-state index contributed by atoms with van der Waals surface area (Å²) in [5.41, 5.74) is 2.31. The summed E-state index contributed by atoms with van der Waals surface area (Å²) in [5.74, 6) is -0.704. The summed E-state index contributed by atoms with van der Waals surface area (Å²) < 4.78 is 0. The van der Waals surface area contributed by atoms with Crippen LogP contribution in [0, 0.1) is 0 Å². The monoisotopic (exact) mass is 498 g/mol. The number of Topliss-reactive ketones (excluding diaryl/α,β-unsaturated/α-hetero) is 1. The summed E-state index contributed by atoms with van der Waals surface area (Å²) >= 11 is 0. The first-order valence-electron chi connectivity index (χ1n) is 11.9. The second kappa shape index (κ2) is 9.76. The quantitative estimate of drug-likeness (QED) is 0.327. The van der Waals surface area contributed by atoms with Crippen molar-refractivity contribution < 1.29 is 14.4 Å². The molecule has 1 N–H and O–H groups in total. The summed E-state index contributed by atoms with van der Waals surface area (Å²) in [7, 11) is 3.75. The zero-order valence-corrected chi connectivity index (χ0v) is 20.8. The molecule has 0 radical (unpaired) electrons. The van der Waals surface area contributed by atoms with Gasteiger partial charge in [-0.2, -0.15) is 0 Å². The number of aromatic nitrogens is 5. The van der Waals surface area contributed by atoms with Crippen molar-refractivity contribution in [2.24, 2.45) is 0 Å². The number of rotatable bonds is 5. The fourth-order valence-electron chi connectivity index (χ4n) is 4.45. The van der Waals surface area contributed by atoms with Gasteiger partial charge in [-0.25, -0.2) is 9.97 Å². The van der Waals surface area contributed by atoms with Crippen molar-refractivity contribution in [3.05, 3.63) is 66.5 Å². The van der Waals surface area contributed by atoms with Crippen LogP contribution in [0.5, 0.6) is 0 Å². The molecule has 5 rings (SSSR count). The van der Waals surface area contributed by atoms with Gasteiger partial charge in [0.15, 0.2) is 0 Å². The average Bonchev–Trinajstić information content (AvgIpc) is 3.36. The summed E-state index contributed by atoms with van der Waals surface area (Å²) in [6, 6.07) is 6.54. The Kier molecular flexibility index (Phi) is 6.34. The Balaban J connectivity index is 1.34. The Bertz CT molecular complexity index is 1470. The highest BCUT2D eigenvalue weighted by Crippen LogP contribution is 2.27. The summed E-state index contributed by atoms with van der Waals surface area (Å²) in [6.07, 6.45) is 7.96. The van der Waals surface area contributed by atoms with Gasteiger partial charge in [-0.3, -0.25) is 24.4 Å². The van der Waals surface area contributed by atoms with Crippen LogP contribution >= 0.6 is 0 Å². The lowest BCUT2D eigenvalue weighted by Crippen LogP contribution is -2.56. The molecule has 0 bridgehead atoms. The molecule has 1 aliphatic heterocycles.